The molecule has 19 rings (SSSR count). The molecule has 0 saturated heterocycles. The predicted molar refractivity (Wildman–Crippen MR) is 477 cm³/mol. The molecule has 0 bridgehead atoms. The predicted octanol–water partition coefficient (Wildman–Crippen LogP) is 18.7. The number of aryl methyl sites for hydroxylation is 6. The maximum Gasteiger partial charge on any atom is 0.354 e. The fourth-order valence-electron chi connectivity index (χ4n) is 10.6. The minimum absolute atomic E-state index is 0. The van der Waals surface area contributed by atoms with Gasteiger partial charge in [0, 0.05) is 259 Å². The van der Waals surface area contributed by atoms with Crippen molar-refractivity contribution in [2.75, 3.05) is 0 Å². The molecule has 692 valence electrons. The Morgan fingerprint density at radius 3 is 0.962 bits per heavy atom. The first-order valence-electron chi connectivity index (χ1n) is 38.5. The molecule has 34 heteroatoms. The summed E-state index contributed by atoms with van der Waals surface area (Å²) in [6.45, 7) is 4.67. The molecule has 0 aliphatic heterocycles. The number of carbonyl (C=O) groups excluding carboxylic acids is 1. The average Bonchev–Trinajstić information content (AvgIpc) is 1.62. The van der Waals surface area contributed by atoms with Crippen LogP contribution in [0, 0.1) is 55.0 Å². The summed E-state index contributed by atoms with van der Waals surface area (Å²) in [6, 6.07) is 94.4. The van der Waals surface area contributed by atoms with Gasteiger partial charge < -0.3 is 43.7 Å². The molecule has 0 saturated carbocycles. The van der Waals surface area contributed by atoms with E-state index >= 15 is 0 Å². The first kappa shape index (κ1) is 113. The number of carboxylic acids is 1. The van der Waals surface area contributed by atoms with Crippen molar-refractivity contribution >= 4 is 11.8 Å². The van der Waals surface area contributed by atoms with E-state index < -0.39 is 17.6 Å². The molecule has 0 aliphatic rings. The Hall–Kier alpha value is -13.1. The summed E-state index contributed by atoms with van der Waals surface area (Å²) < 4.78 is 44.5. The number of carboxylic acid groups (broad SMARTS) is 1. The number of hydrogen-bond acceptors (Lipinski definition) is 17. The zero-order valence-electron chi connectivity index (χ0n) is 71.8. The summed E-state index contributed by atoms with van der Waals surface area (Å²) in [5.74, 6) is -1.44. The van der Waals surface area contributed by atoms with E-state index in [1.165, 1.54) is 32.2 Å². The van der Waals surface area contributed by atoms with Crippen molar-refractivity contribution in [2.45, 2.75) is 20.8 Å². The number of allylic oxidation sites excluding steroid dienone is 2. The zero-order chi connectivity index (χ0) is 89.8. The molecule has 9 aromatic carbocycles. The number of carbonyl (C=O) groups is 2. The molecule has 10 heterocycles. The minimum atomic E-state index is -0.990. The maximum atomic E-state index is 12.8. The van der Waals surface area contributed by atoms with Gasteiger partial charge in [-0.25, -0.2) is 38.4 Å². The molecule has 6 radical (unpaired) electrons. The van der Waals surface area contributed by atoms with Gasteiger partial charge in [-0.1, -0.05) is 54.6 Å². The third-order valence-corrected chi connectivity index (χ3v) is 16.4. The van der Waals surface area contributed by atoms with Crippen molar-refractivity contribution in [1.82, 2.24) is 87.5 Å². The molecule has 10 aromatic heterocycles. The molecule has 0 amide bonds. The Bertz CT molecular complexity index is 5750. The van der Waals surface area contributed by atoms with Gasteiger partial charge in [-0.05, 0) is 99.2 Å². The van der Waals surface area contributed by atoms with Crippen molar-refractivity contribution in [3.8, 4) is 102 Å². The zero-order valence-corrected chi connectivity index (χ0v) is 86.2. The fraction of sp³-hybridized carbons (Fsp3) is 0.0816. The van der Waals surface area contributed by atoms with E-state index in [9.17, 15) is 33.7 Å². The molecule has 0 spiro atoms. The van der Waals surface area contributed by atoms with Crippen LogP contribution in [0.2, 0.25) is 0 Å². The molecule has 19 aromatic rings. The number of benzene rings is 9. The molecule has 5 N–H and O–H groups in total. The van der Waals surface area contributed by atoms with Gasteiger partial charge in [0.1, 0.15) is 40.0 Å². The van der Waals surface area contributed by atoms with E-state index in [2.05, 4.69) is 86.8 Å². The first-order chi connectivity index (χ1) is 61.0. The molecular formula is C98H88F2Ir6N18O8-6. The van der Waals surface area contributed by atoms with Crippen molar-refractivity contribution < 1.29 is 169 Å². The maximum absolute atomic E-state index is 12.8. The third kappa shape index (κ3) is 39.3. The van der Waals surface area contributed by atoms with Crippen LogP contribution in [0.15, 0.2) is 371 Å². The van der Waals surface area contributed by atoms with Crippen molar-refractivity contribution in [2.24, 2.45) is 35.2 Å². The molecular weight excluding hydrogens is 2750 g/mol. The summed E-state index contributed by atoms with van der Waals surface area (Å²) in [4.78, 5) is 40.6. The molecule has 0 aliphatic carbocycles. The van der Waals surface area contributed by atoms with E-state index in [1.54, 1.807) is 154 Å². The van der Waals surface area contributed by atoms with E-state index in [0.717, 1.165) is 68.4 Å². The van der Waals surface area contributed by atoms with Crippen LogP contribution in [0.1, 0.15) is 30.2 Å². The Balaban J connectivity index is 0.000000374. The van der Waals surface area contributed by atoms with E-state index in [1.807, 2.05) is 256 Å². The number of aromatic hydroxyl groups is 3. The normalized spacial score (nSPS) is 9.64. The second kappa shape index (κ2) is 61.4. The SMILES string of the molecule is CC(=O)C=C(C)O.Cc1nc(-c2[c-]cccc2)co1.Cn1ccc(-c2[c-]cc(F)c(F)c2)n1.Cn1ccc(-c2[c-]cccc2)n1.Cn1cnc(-c2[c-]cccc2)c1.Cn1cnc(-c2[c-]cccc2)c1.Cn1cnc(-c2[c-]cccc2)c1.O=C(O)c1ccccn1.Oc1ccccc1-n1cccn1.Oc1ccccc1-n1cccn1.Oc1ccccc1-n1cccn1.[Ir].[Ir].[Ir].[Ir].[Ir].[Ir]. The number of phenolic OH excluding ortho intramolecular Hbond substituents is 3. The standard InChI is InChI=1S/C10H7F2N2.4C10H9N2.C10H8NO.3C9H8N2O.C6H5NO2.C5H8O2.6Ir/c1-14-5-4-10(13-14)7-2-3-8(11)9(12)6-7;3*1-12-7-10(11-8-12)9-5-3-2-4-6-9;1-12-8-7-10(11-12)9-5-3-2-4-6-9;1-8-11-10(7-12-8)9-5-3-2-4-6-9;3*12-9-5-2-1-4-8(9)11-7-3-6-10-11;8-6(9)5-3-1-2-4-7-5;1-4(6)3-5(2)7;;;;;;/h3-6H,1H3;4*2-5,7-8H,1H3;2-5,7H,1H3;3*1-7,12H;1-4H,(H,8,9);3,6H,1-2H3;;;;;;/q6*-1;;;;;;;;;;;. The smallest absolute Gasteiger partial charge is 0.354 e. The second-order valence-electron chi connectivity index (χ2n) is 26.4. The number of oxazole rings is 1. The molecule has 26 nitrogen and oxygen atoms in total. The number of aromatic nitrogens is 18. The van der Waals surface area contributed by atoms with Crippen molar-refractivity contribution in [3.05, 3.63) is 426 Å². The summed E-state index contributed by atoms with van der Waals surface area (Å²) in [7, 11) is 9.54. The summed E-state index contributed by atoms with van der Waals surface area (Å²) in [6.07, 6.45) is 29.6. The van der Waals surface area contributed by atoms with Gasteiger partial charge in [0.15, 0.2) is 11.7 Å². The van der Waals surface area contributed by atoms with Crippen LogP contribution in [0.4, 0.5) is 8.78 Å². The number of aromatic carboxylic acids is 1. The van der Waals surface area contributed by atoms with Crippen LogP contribution in [0.5, 0.6) is 17.2 Å². The summed E-state index contributed by atoms with van der Waals surface area (Å²) in [5, 5.41) is 65.3. The number of phenols is 3. The minimum Gasteiger partial charge on any atom is -0.512 e. The summed E-state index contributed by atoms with van der Waals surface area (Å²) in [5.41, 5.74) is 13.0. The molecule has 0 unspecified atom stereocenters. The number of imidazole rings is 3. The van der Waals surface area contributed by atoms with Crippen molar-refractivity contribution in [1.29, 1.82) is 0 Å². The Labute approximate surface area is 844 Å². The van der Waals surface area contributed by atoms with Crippen LogP contribution in [-0.4, -0.2) is 125 Å². The molecule has 0 fully saturated rings. The fourth-order valence-corrected chi connectivity index (χ4v) is 10.6. The van der Waals surface area contributed by atoms with E-state index in [4.69, 9.17) is 14.6 Å². The van der Waals surface area contributed by atoms with Gasteiger partial charge >= 0.3 is 5.97 Å². The number of ketones is 1. The average molecular weight is 2840 g/mol. The van der Waals surface area contributed by atoms with Crippen LogP contribution in [0.3, 0.4) is 0 Å². The van der Waals surface area contributed by atoms with Gasteiger partial charge in [-0.15, -0.1) is 203 Å². The van der Waals surface area contributed by atoms with Crippen LogP contribution >= 0.6 is 0 Å². The molecule has 0 atom stereocenters. The van der Waals surface area contributed by atoms with Crippen LogP contribution in [-0.2, 0) is 161 Å². The number of halogens is 2. The van der Waals surface area contributed by atoms with Gasteiger partial charge in [0.25, 0.3) is 0 Å². The quantitative estimate of drug-likeness (QED) is 0.0456. The van der Waals surface area contributed by atoms with Gasteiger partial charge in [0.2, 0.25) is 0 Å². The number of hydrogen-bond donors (Lipinski definition) is 5. The number of rotatable bonds is 11. The largest absolute Gasteiger partial charge is 0.512 e. The Morgan fingerprint density at radius 2 is 0.720 bits per heavy atom. The monoisotopic (exact) mass is 2840 g/mol. The summed E-state index contributed by atoms with van der Waals surface area (Å²) >= 11 is 0. The Morgan fingerprint density at radius 1 is 0.379 bits per heavy atom. The van der Waals surface area contributed by atoms with Gasteiger partial charge in [-0.2, -0.15) is 15.3 Å². The van der Waals surface area contributed by atoms with Crippen molar-refractivity contribution in [3.63, 3.8) is 0 Å². The number of para-hydroxylation sites is 6. The molecule has 132 heavy (non-hydrogen) atoms. The topological polar surface area (TPSA) is 317 Å². The third-order valence-electron chi connectivity index (χ3n) is 16.4. The first-order valence-corrected chi connectivity index (χ1v) is 38.5. The van der Waals surface area contributed by atoms with E-state index in [0.29, 0.717) is 34.2 Å². The number of aliphatic hydroxyl groups excluding tert-OH is 1. The second-order valence-corrected chi connectivity index (χ2v) is 26.4. The van der Waals surface area contributed by atoms with Gasteiger partial charge in [-0.3, -0.25) is 38.5 Å². The van der Waals surface area contributed by atoms with Gasteiger partial charge in [0.05, 0.1) is 42.6 Å². The van der Waals surface area contributed by atoms with E-state index in [-0.39, 0.29) is 155 Å². The Kier molecular flexibility index (Phi) is 52.6. The van der Waals surface area contributed by atoms with Crippen LogP contribution in [0.25, 0.3) is 84.6 Å². The number of nitrogens with zero attached hydrogens (tertiary/aromatic N) is 18. The number of pyridine rings is 1. The number of aliphatic hydroxyl groups is 1. The van der Waals surface area contributed by atoms with Crippen LogP contribution < -0.4 is 0 Å².